The number of aromatic nitrogens is 3. The van der Waals surface area contributed by atoms with Crippen LogP contribution < -0.4 is 15.8 Å². The molecule has 0 radical (unpaired) electrons. The molecule has 2 heterocycles. The first kappa shape index (κ1) is 18.0. The van der Waals surface area contributed by atoms with E-state index in [0.717, 1.165) is 16.5 Å². The fraction of sp³-hybridized carbons (Fsp3) is 0.0526. The van der Waals surface area contributed by atoms with Crippen molar-refractivity contribution in [3.05, 3.63) is 61.1 Å². The Morgan fingerprint density at radius 2 is 1.89 bits per heavy atom. The molecule has 0 amide bonds. The van der Waals surface area contributed by atoms with Crippen LogP contribution >= 0.6 is 0 Å². The number of H-pyrrole nitrogens is 1. The maximum atomic E-state index is 12.1. The smallest absolute Gasteiger partial charge is 0.240 e. The fourth-order valence-corrected chi connectivity index (χ4v) is 3.76. The van der Waals surface area contributed by atoms with Crippen molar-refractivity contribution in [3.8, 4) is 11.1 Å². The summed E-state index contributed by atoms with van der Waals surface area (Å²) in [6, 6.07) is 14.0. The highest BCUT2D eigenvalue weighted by molar-refractivity contribution is 7.89. The Bertz CT molecular complexity index is 1270. The van der Waals surface area contributed by atoms with Crippen LogP contribution in [0.1, 0.15) is 0 Å². The van der Waals surface area contributed by atoms with Crippen molar-refractivity contribution < 1.29 is 8.42 Å². The summed E-state index contributed by atoms with van der Waals surface area (Å²) in [5, 5.41) is 3.99. The summed E-state index contributed by atoms with van der Waals surface area (Å²) in [4.78, 5) is 11.9. The third kappa shape index (κ3) is 3.28. The number of sulfonamides is 1. The van der Waals surface area contributed by atoms with Crippen molar-refractivity contribution in [1.29, 1.82) is 0 Å². The van der Waals surface area contributed by atoms with Crippen molar-refractivity contribution in [1.82, 2.24) is 19.7 Å². The van der Waals surface area contributed by atoms with Crippen LogP contribution in [0.25, 0.3) is 22.2 Å². The Morgan fingerprint density at radius 1 is 1.07 bits per heavy atom. The van der Waals surface area contributed by atoms with E-state index in [2.05, 4.69) is 25.0 Å². The SMILES string of the molecule is CNS(=O)(=O)c1cccc(Nc2ncnc3[nH]cc(-c4cccc(N)c4)c23)c1. The van der Waals surface area contributed by atoms with E-state index in [9.17, 15) is 8.42 Å². The minimum absolute atomic E-state index is 0.162. The molecular formula is C19H18N6O2S. The van der Waals surface area contributed by atoms with E-state index in [4.69, 9.17) is 5.73 Å². The lowest BCUT2D eigenvalue weighted by molar-refractivity contribution is 0.588. The van der Waals surface area contributed by atoms with Gasteiger partial charge in [-0.25, -0.2) is 23.1 Å². The first-order valence-corrected chi connectivity index (χ1v) is 9.95. The minimum atomic E-state index is -3.54. The predicted molar refractivity (Wildman–Crippen MR) is 110 cm³/mol. The van der Waals surface area contributed by atoms with Crippen LogP contribution in [0.2, 0.25) is 0 Å². The average Bonchev–Trinajstić information content (AvgIpc) is 3.13. The van der Waals surface area contributed by atoms with Gasteiger partial charge in [0.1, 0.15) is 17.8 Å². The monoisotopic (exact) mass is 394 g/mol. The van der Waals surface area contributed by atoms with Crippen molar-refractivity contribution in [2.75, 3.05) is 18.1 Å². The number of anilines is 3. The molecule has 2 aromatic heterocycles. The molecule has 0 atom stereocenters. The van der Waals surface area contributed by atoms with Crippen molar-refractivity contribution in [2.45, 2.75) is 4.90 Å². The first-order chi connectivity index (χ1) is 13.5. The summed E-state index contributed by atoms with van der Waals surface area (Å²) in [6.45, 7) is 0. The van der Waals surface area contributed by atoms with Gasteiger partial charge in [0.25, 0.3) is 0 Å². The normalized spacial score (nSPS) is 11.6. The molecule has 0 aliphatic heterocycles. The minimum Gasteiger partial charge on any atom is -0.399 e. The Morgan fingerprint density at radius 3 is 2.68 bits per heavy atom. The van der Waals surface area contributed by atoms with Crippen LogP contribution in [-0.4, -0.2) is 30.4 Å². The molecule has 0 aliphatic rings. The van der Waals surface area contributed by atoms with Crippen LogP contribution in [0, 0.1) is 0 Å². The van der Waals surface area contributed by atoms with Gasteiger partial charge in [-0.05, 0) is 42.9 Å². The van der Waals surface area contributed by atoms with Gasteiger partial charge in [0.15, 0.2) is 0 Å². The Kier molecular flexibility index (Phi) is 4.46. The molecule has 5 N–H and O–H groups in total. The van der Waals surface area contributed by atoms with Crippen LogP contribution in [0.5, 0.6) is 0 Å². The van der Waals surface area contributed by atoms with Crippen molar-refractivity contribution >= 4 is 38.2 Å². The van der Waals surface area contributed by atoms with Crippen LogP contribution in [0.15, 0.2) is 66.0 Å². The summed E-state index contributed by atoms with van der Waals surface area (Å²) in [5.41, 5.74) is 9.65. The quantitative estimate of drug-likeness (QED) is 0.386. The van der Waals surface area contributed by atoms with Crippen molar-refractivity contribution in [2.24, 2.45) is 0 Å². The average molecular weight is 394 g/mol. The van der Waals surface area contributed by atoms with E-state index < -0.39 is 10.0 Å². The second-order valence-corrected chi connectivity index (χ2v) is 8.02. The molecule has 8 nitrogen and oxygen atoms in total. The molecule has 4 rings (SSSR count). The highest BCUT2D eigenvalue weighted by Gasteiger charge is 2.15. The number of hydrogen-bond donors (Lipinski definition) is 4. The number of nitrogens with one attached hydrogen (secondary N) is 3. The van der Waals surface area contributed by atoms with E-state index in [1.807, 2.05) is 30.5 Å². The molecule has 0 saturated carbocycles. The number of nitrogens with two attached hydrogens (primary N) is 1. The molecule has 4 aromatic rings. The largest absolute Gasteiger partial charge is 0.399 e. The summed E-state index contributed by atoms with van der Waals surface area (Å²) in [5.74, 6) is 0.558. The summed E-state index contributed by atoms with van der Waals surface area (Å²) < 4.78 is 26.4. The first-order valence-electron chi connectivity index (χ1n) is 8.46. The predicted octanol–water partition coefficient (Wildman–Crippen LogP) is 2.86. The Balaban J connectivity index is 1.80. The maximum absolute atomic E-state index is 12.1. The number of hydrogen-bond acceptors (Lipinski definition) is 6. The Hall–Kier alpha value is -3.43. The lowest BCUT2D eigenvalue weighted by Gasteiger charge is -2.10. The molecule has 0 aliphatic carbocycles. The molecule has 2 aromatic carbocycles. The molecule has 9 heteroatoms. The molecule has 0 fully saturated rings. The highest BCUT2D eigenvalue weighted by Crippen LogP contribution is 2.34. The van der Waals surface area contributed by atoms with Crippen LogP contribution in [0.4, 0.5) is 17.2 Å². The van der Waals surface area contributed by atoms with E-state index in [0.29, 0.717) is 22.8 Å². The summed E-state index contributed by atoms with van der Waals surface area (Å²) in [7, 11) is -2.17. The van der Waals surface area contributed by atoms with E-state index in [-0.39, 0.29) is 4.90 Å². The van der Waals surface area contributed by atoms with Crippen molar-refractivity contribution in [3.63, 3.8) is 0 Å². The molecule has 142 valence electrons. The molecule has 0 bridgehead atoms. The molecular weight excluding hydrogens is 376 g/mol. The number of fused-ring (bicyclic) bond motifs is 1. The molecule has 28 heavy (non-hydrogen) atoms. The molecule has 0 unspecified atom stereocenters. The van der Waals surface area contributed by atoms with Gasteiger partial charge >= 0.3 is 0 Å². The third-order valence-corrected chi connectivity index (χ3v) is 5.76. The number of rotatable bonds is 5. The third-order valence-electron chi connectivity index (χ3n) is 4.34. The van der Waals surface area contributed by atoms with Gasteiger partial charge in [0.2, 0.25) is 10.0 Å². The van der Waals surface area contributed by atoms with E-state index in [1.165, 1.54) is 19.4 Å². The summed E-state index contributed by atoms with van der Waals surface area (Å²) in [6.07, 6.45) is 3.29. The fourth-order valence-electron chi connectivity index (χ4n) is 2.99. The summed E-state index contributed by atoms with van der Waals surface area (Å²) >= 11 is 0. The van der Waals surface area contributed by atoms with Gasteiger partial charge in [0.05, 0.1) is 10.3 Å². The number of aromatic amines is 1. The van der Waals surface area contributed by atoms with E-state index in [1.54, 1.807) is 18.2 Å². The zero-order valence-electron chi connectivity index (χ0n) is 15.0. The highest BCUT2D eigenvalue weighted by atomic mass is 32.2. The number of nitrogens with zero attached hydrogens (tertiary/aromatic N) is 2. The number of benzene rings is 2. The van der Waals surface area contributed by atoms with Crippen LogP contribution in [-0.2, 0) is 10.0 Å². The van der Waals surface area contributed by atoms with Gasteiger partial charge in [0, 0.05) is 23.1 Å². The van der Waals surface area contributed by atoms with Gasteiger partial charge in [-0.1, -0.05) is 18.2 Å². The van der Waals surface area contributed by atoms with Gasteiger partial charge in [-0.15, -0.1) is 0 Å². The van der Waals surface area contributed by atoms with E-state index >= 15 is 0 Å². The zero-order valence-corrected chi connectivity index (χ0v) is 15.8. The topological polar surface area (TPSA) is 126 Å². The maximum Gasteiger partial charge on any atom is 0.240 e. The number of nitrogen functional groups attached to an aromatic ring is 1. The van der Waals surface area contributed by atoms with Crippen LogP contribution in [0.3, 0.4) is 0 Å². The van der Waals surface area contributed by atoms with Gasteiger partial charge in [-0.3, -0.25) is 0 Å². The zero-order chi connectivity index (χ0) is 19.7. The Labute approximate surface area is 161 Å². The second kappa shape index (κ2) is 6.95. The van der Waals surface area contributed by atoms with Gasteiger partial charge in [-0.2, -0.15) is 0 Å². The van der Waals surface area contributed by atoms with Gasteiger partial charge < -0.3 is 16.0 Å². The lowest BCUT2D eigenvalue weighted by atomic mass is 10.1. The second-order valence-electron chi connectivity index (χ2n) is 6.13. The lowest BCUT2D eigenvalue weighted by Crippen LogP contribution is -2.18. The molecule has 0 spiro atoms. The molecule has 0 saturated heterocycles. The standard InChI is InChI=1S/C19H18N6O2S/c1-21-28(26,27)15-7-3-6-14(9-15)25-19-17-16(10-22-18(17)23-11-24-19)12-4-2-5-13(20)8-12/h2-11,21H,20H2,1H3,(H2,22,23,24,25).